The Kier molecular flexibility index (Phi) is 4.66. The van der Waals surface area contributed by atoms with Crippen LogP contribution in [-0.4, -0.2) is 55.3 Å². The molecular weight excluding hydrogens is 431 g/mol. The van der Waals surface area contributed by atoms with Crippen LogP contribution in [0.25, 0.3) is 0 Å². The Morgan fingerprint density at radius 1 is 1.37 bits per heavy atom. The predicted molar refractivity (Wildman–Crippen MR) is 105 cm³/mol. The van der Waals surface area contributed by atoms with E-state index in [1.54, 1.807) is 7.05 Å². The van der Waals surface area contributed by atoms with E-state index in [4.69, 9.17) is 11.6 Å². The van der Waals surface area contributed by atoms with Gasteiger partial charge in [-0.25, -0.2) is 12.8 Å². The molecule has 1 aromatic rings. The molecule has 10 heteroatoms. The van der Waals surface area contributed by atoms with E-state index in [0.717, 1.165) is 18.2 Å². The third-order valence-corrected chi connectivity index (χ3v) is 9.69. The van der Waals surface area contributed by atoms with Crippen molar-refractivity contribution in [1.82, 2.24) is 5.32 Å². The smallest absolute Gasteiger partial charge is 0.284 e. The van der Waals surface area contributed by atoms with Crippen molar-refractivity contribution in [3.05, 3.63) is 29.0 Å². The van der Waals surface area contributed by atoms with Gasteiger partial charge in [-0.05, 0) is 31.0 Å². The van der Waals surface area contributed by atoms with Gasteiger partial charge in [-0.15, -0.1) is 0 Å². The van der Waals surface area contributed by atoms with E-state index in [9.17, 15) is 28.1 Å². The number of likely N-dealkylation sites (N-methyl/N-ethyl adjacent to an activating group) is 1. The molecule has 3 aliphatic rings. The number of hydrogen-bond acceptors (Lipinski definition) is 5. The van der Waals surface area contributed by atoms with Crippen LogP contribution in [0.2, 0.25) is 5.02 Å². The Hall–Kier alpha value is -2.20. The predicted octanol–water partition coefficient (Wildman–Crippen LogP) is 1.93. The van der Waals surface area contributed by atoms with E-state index in [1.165, 1.54) is 0 Å². The molecule has 1 saturated carbocycles. The first-order valence-corrected chi connectivity index (χ1v) is 11.6. The highest BCUT2D eigenvalue weighted by Crippen LogP contribution is 2.51. The lowest BCUT2D eigenvalue weighted by Gasteiger charge is -2.40. The number of nitrogens with zero attached hydrogens (tertiary/aromatic N) is 3. The molecule has 0 bridgehead atoms. The molecule has 3 fully saturated rings. The molecule has 30 heavy (non-hydrogen) atoms. The Balaban J connectivity index is 1.75. The zero-order valence-corrected chi connectivity index (χ0v) is 17.9. The van der Waals surface area contributed by atoms with Gasteiger partial charge in [0.1, 0.15) is 22.5 Å². The van der Waals surface area contributed by atoms with Crippen molar-refractivity contribution >= 4 is 27.3 Å². The minimum atomic E-state index is -3.97. The van der Waals surface area contributed by atoms with Crippen LogP contribution >= 0.6 is 11.6 Å². The fourth-order valence-electron chi connectivity index (χ4n) is 5.18. The zero-order chi connectivity index (χ0) is 21.9. The van der Waals surface area contributed by atoms with Gasteiger partial charge >= 0.3 is 0 Å². The topological polar surface area (TPSA) is 111 Å². The highest BCUT2D eigenvalue weighted by atomic mass is 35.5. The van der Waals surface area contributed by atoms with E-state index in [0.29, 0.717) is 25.8 Å². The summed E-state index contributed by atoms with van der Waals surface area (Å²) in [5.41, 5.74) is -2.18. The number of sulfone groups is 1. The molecule has 2 heterocycles. The first-order valence-electron chi connectivity index (χ1n) is 9.71. The summed E-state index contributed by atoms with van der Waals surface area (Å²) in [5, 5.41) is 20.8. The molecule has 0 radical (unpaired) electrons. The van der Waals surface area contributed by atoms with Gasteiger partial charge in [-0.2, -0.15) is 10.5 Å². The van der Waals surface area contributed by atoms with Gasteiger partial charge in [0, 0.05) is 12.8 Å². The fourth-order valence-corrected chi connectivity index (χ4v) is 7.62. The Morgan fingerprint density at radius 2 is 2.07 bits per heavy atom. The first-order chi connectivity index (χ1) is 14.0. The lowest BCUT2D eigenvalue weighted by Crippen LogP contribution is -2.65. The van der Waals surface area contributed by atoms with E-state index >= 15 is 0 Å². The summed E-state index contributed by atoms with van der Waals surface area (Å²) in [7, 11) is -2.18. The van der Waals surface area contributed by atoms with Crippen molar-refractivity contribution in [2.45, 2.75) is 46.9 Å². The van der Waals surface area contributed by atoms with Crippen LogP contribution in [0.3, 0.4) is 0 Å². The van der Waals surface area contributed by atoms with Gasteiger partial charge in [0.2, 0.25) is 0 Å². The van der Waals surface area contributed by atoms with Crippen LogP contribution in [0.5, 0.6) is 0 Å². The second-order valence-electron chi connectivity index (χ2n) is 8.79. The third kappa shape index (κ3) is 2.84. The van der Waals surface area contributed by atoms with E-state index in [2.05, 4.69) is 17.5 Å². The van der Waals surface area contributed by atoms with E-state index in [-0.39, 0.29) is 27.4 Å². The molecule has 1 N–H and O–H groups in total. The van der Waals surface area contributed by atoms with Crippen molar-refractivity contribution in [2.24, 2.45) is 5.92 Å². The monoisotopic (exact) mass is 451 g/mol. The minimum absolute atomic E-state index is 0.0505. The molecule has 1 aliphatic carbocycles. The molecule has 7 nitrogen and oxygen atoms in total. The second-order valence-corrected chi connectivity index (χ2v) is 11.4. The van der Waals surface area contributed by atoms with Crippen molar-refractivity contribution in [2.75, 3.05) is 20.1 Å². The number of nitrogens with one attached hydrogen (secondary N) is 1. The molecule has 4 rings (SSSR count). The number of amides is 1. The van der Waals surface area contributed by atoms with Crippen LogP contribution in [-0.2, 0) is 14.6 Å². The van der Waals surface area contributed by atoms with Gasteiger partial charge in [0.05, 0.1) is 42.2 Å². The largest absolute Gasteiger partial charge is 0.332 e. The SMILES string of the molecule is C[N+]12CCC(C#N)C1(C(=O)NC1(C#N)CC1)CC(S(=O)(=O)c1ccc(F)cc1Cl)C2. The van der Waals surface area contributed by atoms with Crippen molar-refractivity contribution < 1.29 is 22.1 Å². The summed E-state index contributed by atoms with van der Waals surface area (Å²) in [6.07, 6.45) is 1.51. The third-order valence-electron chi connectivity index (χ3n) is 7.10. The number of hydrogen-bond donors (Lipinski definition) is 1. The van der Waals surface area contributed by atoms with Crippen LogP contribution < -0.4 is 5.32 Å². The quantitative estimate of drug-likeness (QED) is 0.555. The number of halogens is 2. The average Bonchev–Trinajstić information content (AvgIpc) is 3.28. The molecule has 4 atom stereocenters. The molecule has 1 amide bonds. The zero-order valence-electron chi connectivity index (χ0n) is 16.4. The maximum absolute atomic E-state index is 13.5. The number of benzene rings is 1. The van der Waals surface area contributed by atoms with Crippen LogP contribution in [0.4, 0.5) is 4.39 Å². The van der Waals surface area contributed by atoms with Crippen molar-refractivity contribution in [1.29, 1.82) is 10.5 Å². The average molecular weight is 452 g/mol. The summed E-state index contributed by atoms with van der Waals surface area (Å²) in [6, 6.07) is 7.45. The Morgan fingerprint density at radius 3 is 2.63 bits per heavy atom. The molecule has 2 aliphatic heterocycles. The standard InChI is InChI=1S/C20H20ClFN4O3S/c1-26-7-4-13(10-23)20(26,18(27)25-19(12-24)5-6-19)9-15(11-26)30(28,29)17-3-2-14(22)8-16(17)21/h2-3,8,13,15H,4-7,9,11H2,1H3/p+1. The van der Waals surface area contributed by atoms with Crippen LogP contribution in [0.15, 0.2) is 23.1 Å². The van der Waals surface area contributed by atoms with Crippen LogP contribution in [0.1, 0.15) is 25.7 Å². The normalized spacial score (nSPS) is 33.9. The lowest BCUT2D eigenvalue weighted by molar-refractivity contribution is -0.925. The van der Waals surface area contributed by atoms with Gasteiger partial charge in [-0.3, -0.25) is 4.79 Å². The van der Waals surface area contributed by atoms with E-state index in [1.807, 2.05) is 0 Å². The Labute approximate surface area is 179 Å². The fraction of sp³-hybridized carbons (Fsp3) is 0.550. The van der Waals surface area contributed by atoms with Crippen LogP contribution in [0, 0.1) is 34.4 Å². The van der Waals surface area contributed by atoms with Crippen molar-refractivity contribution in [3.8, 4) is 12.1 Å². The molecule has 0 aromatic heterocycles. The van der Waals surface area contributed by atoms with Gasteiger partial charge in [0.25, 0.3) is 5.91 Å². The number of fused-ring (bicyclic) bond motifs is 1. The van der Waals surface area contributed by atoms with Gasteiger partial charge in [-0.1, -0.05) is 11.6 Å². The number of carbonyl (C=O) groups is 1. The molecule has 0 spiro atoms. The number of nitriles is 2. The van der Waals surface area contributed by atoms with Gasteiger partial charge < -0.3 is 9.80 Å². The molecule has 158 valence electrons. The summed E-state index contributed by atoms with van der Waals surface area (Å²) >= 11 is 6.02. The number of carbonyl (C=O) groups excluding carboxylic acids is 1. The first kappa shape index (κ1) is 21.0. The lowest BCUT2D eigenvalue weighted by atomic mass is 9.82. The highest BCUT2D eigenvalue weighted by Gasteiger charge is 2.71. The summed E-state index contributed by atoms with van der Waals surface area (Å²) in [4.78, 5) is 13.3. The Bertz CT molecular complexity index is 1120. The highest BCUT2D eigenvalue weighted by molar-refractivity contribution is 7.92. The molecule has 2 saturated heterocycles. The number of rotatable bonds is 4. The van der Waals surface area contributed by atoms with Gasteiger partial charge in [0.15, 0.2) is 15.4 Å². The van der Waals surface area contributed by atoms with E-state index < -0.39 is 43.8 Å². The maximum atomic E-state index is 13.5. The minimum Gasteiger partial charge on any atom is -0.332 e. The maximum Gasteiger partial charge on any atom is 0.284 e. The molecular formula is C20H21ClFN4O3S+. The summed E-state index contributed by atoms with van der Waals surface area (Å²) in [6.45, 7) is 0.621. The van der Waals surface area contributed by atoms with Crippen molar-refractivity contribution in [3.63, 3.8) is 0 Å². The number of quaternary nitrogens is 1. The summed E-state index contributed by atoms with van der Waals surface area (Å²) in [5.74, 6) is -1.74. The summed E-state index contributed by atoms with van der Waals surface area (Å²) < 4.78 is 40.3. The molecule has 4 unspecified atom stereocenters. The molecule has 1 aromatic carbocycles. The second kappa shape index (κ2) is 6.65.